The van der Waals surface area contributed by atoms with E-state index in [1.165, 1.54) is 7.11 Å². The average Bonchev–Trinajstić information content (AvgIpc) is 2.73. The summed E-state index contributed by atoms with van der Waals surface area (Å²) in [6, 6.07) is 18.6. The molecule has 0 aromatic heterocycles. The number of fused-ring (bicyclic) bond motifs is 1. The number of benzene rings is 3. The van der Waals surface area contributed by atoms with Gasteiger partial charge in [-0.05, 0) is 41.0 Å². The van der Waals surface area contributed by atoms with E-state index in [-0.39, 0.29) is 24.8 Å². The molecule has 0 fully saturated rings. The first-order chi connectivity index (χ1) is 14.0. The Balaban J connectivity index is 1.59. The molecule has 0 unspecified atom stereocenters. The number of rotatable bonds is 6. The third kappa shape index (κ3) is 4.99. The summed E-state index contributed by atoms with van der Waals surface area (Å²) in [5, 5.41) is 7.44. The molecule has 29 heavy (non-hydrogen) atoms. The van der Waals surface area contributed by atoms with Gasteiger partial charge in [-0.25, -0.2) is 4.79 Å². The molecular weight excluding hydrogens is 368 g/mol. The van der Waals surface area contributed by atoms with Crippen LogP contribution in [0, 0.1) is 6.92 Å². The smallest absolute Gasteiger partial charge is 0.337 e. The Kier molecular flexibility index (Phi) is 6.24. The van der Waals surface area contributed by atoms with E-state index in [0.717, 1.165) is 21.9 Å². The van der Waals surface area contributed by atoms with E-state index in [9.17, 15) is 14.4 Å². The van der Waals surface area contributed by atoms with E-state index in [1.54, 1.807) is 18.2 Å². The number of hydrogen-bond acceptors (Lipinski definition) is 4. The van der Waals surface area contributed by atoms with Crippen LogP contribution in [-0.4, -0.2) is 31.4 Å². The Labute approximate surface area is 168 Å². The van der Waals surface area contributed by atoms with E-state index in [2.05, 4.69) is 10.6 Å². The Hall–Kier alpha value is -3.67. The number of esters is 1. The minimum Gasteiger partial charge on any atom is -0.465 e. The van der Waals surface area contributed by atoms with E-state index in [1.807, 2.05) is 49.4 Å². The van der Waals surface area contributed by atoms with Crippen molar-refractivity contribution in [3.05, 3.63) is 77.4 Å². The number of nitrogens with one attached hydrogen (secondary N) is 2. The lowest BCUT2D eigenvalue weighted by atomic mass is 10.0. The SMILES string of the molecule is COC(=O)c1ccc(C)c(NC(=O)CNC(=O)Cc2cccc3ccccc23)c1. The van der Waals surface area contributed by atoms with Crippen LogP contribution in [0.2, 0.25) is 0 Å². The number of carbonyl (C=O) groups is 3. The summed E-state index contributed by atoms with van der Waals surface area (Å²) in [7, 11) is 1.30. The Morgan fingerprint density at radius 2 is 1.69 bits per heavy atom. The zero-order valence-corrected chi connectivity index (χ0v) is 16.3. The molecule has 0 aliphatic carbocycles. The Morgan fingerprint density at radius 1 is 0.931 bits per heavy atom. The van der Waals surface area contributed by atoms with Gasteiger partial charge >= 0.3 is 5.97 Å². The van der Waals surface area contributed by atoms with Gasteiger partial charge in [0.25, 0.3) is 0 Å². The van der Waals surface area contributed by atoms with E-state index in [4.69, 9.17) is 4.74 Å². The van der Waals surface area contributed by atoms with Crippen LogP contribution in [0.3, 0.4) is 0 Å². The zero-order chi connectivity index (χ0) is 20.8. The van der Waals surface area contributed by atoms with Crippen molar-refractivity contribution in [2.75, 3.05) is 19.0 Å². The maximum absolute atomic E-state index is 12.3. The first kappa shape index (κ1) is 20.1. The molecule has 0 bridgehead atoms. The van der Waals surface area contributed by atoms with Crippen LogP contribution in [0.15, 0.2) is 60.7 Å². The second-order valence-electron chi connectivity index (χ2n) is 6.66. The molecule has 0 saturated heterocycles. The summed E-state index contributed by atoms with van der Waals surface area (Å²) in [5.74, 6) is -1.10. The van der Waals surface area contributed by atoms with Crippen molar-refractivity contribution in [1.29, 1.82) is 0 Å². The van der Waals surface area contributed by atoms with Crippen molar-refractivity contribution in [3.63, 3.8) is 0 Å². The van der Waals surface area contributed by atoms with Crippen molar-refractivity contribution in [1.82, 2.24) is 5.32 Å². The van der Waals surface area contributed by atoms with Gasteiger partial charge in [-0.15, -0.1) is 0 Å². The lowest BCUT2D eigenvalue weighted by molar-refractivity contribution is -0.123. The minimum atomic E-state index is -0.483. The average molecular weight is 390 g/mol. The molecular formula is C23H22N2O4. The highest BCUT2D eigenvalue weighted by Crippen LogP contribution is 2.19. The van der Waals surface area contributed by atoms with Crippen molar-refractivity contribution in [2.45, 2.75) is 13.3 Å². The fraction of sp³-hybridized carbons (Fsp3) is 0.174. The normalized spacial score (nSPS) is 10.4. The summed E-state index contributed by atoms with van der Waals surface area (Å²) in [4.78, 5) is 36.2. The van der Waals surface area contributed by atoms with E-state index >= 15 is 0 Å². The zero-order valence-electron chi connectivity index (χ0n) is 16.3. The van der Waals surface area contributed by atoms with Crippen LogP contribution in [0.1, 0.15) is 21.5 Å². The minimum absolute atomic E-state index is 0.161. The number of hydrogen-bond donors (Lipinski definition) is 2. The summed E-state index contributed by atoms with van der Waals surface area (Å²) in [6.07, 6.45) is 0.186. The number of ether oxygens (including phenoxy) is 1. The molecule has 0 spiro atoms. The lowest BCUT2D eigenvalue weighted by Gasteiger charge is -2.11. The van der Waals surface area contributed by atoms with Crippen molar-refractivity contribution >= 4 is 34.2 Å². The van der Waals surface area contributed by atoms with Gasteiger partial charge in [0, 0.05) is 5.69 Å². The molecule has 3 aromatic rings. The van der Waals surface area contributed by atoms with Crippen LogP contribution >= 0.6 is 0 Å². The highest BCUT2D eigenvalue weighted by molar-refractivity contribution is 5.98. The summed E-state index contributed by atoms with van der Waals surface area (Å²) in [6.45, 7) is 1.65. The highest BCUT2D eigenvalue weighted by Gasteiger charge is 2.12. The Morgan fingerprint density at radius 3 is 2.48 bits per heavy atom. The maximum atomic E-state index is 12.3. The Bertz CT molecular complexity index is 1070. The summed E-state index contributed by atoms with van der Waals surface area (Å²) >= 11 is 0. The van der Waals surface area contributed by atoms with Gasteiger partial charge in [-0.2, -0.15) is 0 Å². The molecule has 0 aliphatic rings. The first-order valence-corrected chi connectivity index (χ1v) is 9.20. The van der Waals surface area contributed by atoms with Crippen LogP contribution in [0.25, 0.3) is 10.8 Å². The van der Waals surface area contributed by atoms with Gasteiger partial charge in [-0.3, -0.25) is 9.59 Å². The maximum Gasteiger partial charge on any atom is 0.337 e. The number of methoxy groups -OCH3 is 1. The van der Waals surface area contributed by atoms with Crippen molar-refractivity contribution < 1.29 is 19.1 Å². The van der Waals surface area contributed by atoms with Gasteiger partial charge in [0.05, 0.1) is 25.6 Å². The standard InChI is InChI=1S/C23H22N2O4/c1-15-10-11-18(23(28)29-2)12-20(15)25-22(27)14-24-21(26)13-17-8-5-7-16-6-3-4-9-19(16)17/h3-12H,13-14H2,1-2H3,(H,24,26)(H,25,27). The first-order valence-electron chi connectivity index (χ1n) is 9.20. The summed E-state index contributed by atoms with van der Waals surface area (Å²) in [5.41, 5.74) is 2.55. The fourth-order valence-corrected chi connectivity index (χ4v) is 3.06. The quantitative estimate of drug-likeness (QED) is 0.633. The predicted molar refractivity (Wildman–Crippen MR) is 112 cm³/mol. The largest absolute Gasteiger partial charge is 0.465 e. The molecule has 0 heterocycles. The molecule has 0 saturated carbocycles. The van der Waals surface area contributed by atoms with Gasteiger partial charge in [0.2, 0.25) is 11.8 Å². The van der Waals surface area contributed by atoms with E-state index in [0.29, 0.717) is 11.3 Å². The van der Waals surface area contributed by atoms with Gasteiger partial charge in [-0.1, -0.05) is 48.5 Å². The second kappa shape index (κ2) is 9.01. The topological polar surface area (TPSA) is 84.5 Å². The molecule has 0 aliphatic heterocycles. The molecule has 6 nitrogen and oxygen atoms in total. The van der Waals surface area contributed by atoms with Crippen molar-refractivity contribution in [2.24, 2.45) is 0 Å². The number of carbonyl (C=O) groups excluding carboxylic acids is 3. The second-order valence-corrected chi connectivity index (χ2v) is 6.66. The molecule has 3 aromatic carbocycles. The number of aryl methyl sites for hydroxylation is 1. The molecule has 2 amide bonds. The number of anilines is 1. The van der Waals surface area contributed by atoms with Crippen LogP contribution in [-0.2, 0) is 20.7 Å². The van der Waals surface area contributed by atoms with Crippen LogP contribution < -0.4 is 10.6 Å². The number of amides is 2. The van der Waals surface area contributed by atoms with Crippen LogP contribution in [0.4, 0.5) is 5.69 Å². The monoisotopic (exact) mass is 390 g/mol. The highest BCUT2D eigenvalue weighted by atomic mass is 16.5. The molecule has 3 rings (SSSR count). The van der Waals surface area contributed by atoms with Gasteiger partial charge in [0.1, 0.15) is 0 Å². The molecule has 148 valence electrons. The lowest BCUT2D eigenvalue weighted by Crippen LogP contribution is -2.34. The third-order valence-electron chi connectivity index (χ3n) is 4.61. The van der Waals surface area contributed by atoms with Gasteiger partial charge < -0.3 is 15.4 Å². The molecule has 0 atom stereocenters. The van der Waals surface area contributed by atoms with E-state index < -0.39 is 5.97 Å². The predicted octanol–water partition coefficient (Wildman–Crippen LogP) is 3.23. The fourth-order valence-electron chi connectivity index (χ4n) is 3.06. The molecule has 6 heteroatoms. The van der Waals surface area contributed by atoms with Crippen LogP contribution in [0.5, 0.6) is 0 Å². The van der Waals surface area contributed by atoms with Gasteiger partial charge in [0.15, 0.2) is 0 Å². The molecule has 0 radical (unpaired) electrons. The van der Waals surface area contributed by atoms with Crippen molar-refractivity contribution in [3.8, 4) is 0 Å². The third-order valence-corrected chi connectivity index (χ3v) is 4.61. The summed E-state index contributed by atoms with van der Waals surface area (Å²) < 4.78 is 4.69. The molecule has 2 N–H and O–H groups in total.